The quantitative estimate of drug-likeness (QED) is 0.654. The Kier molecular flexibility index (Phi) is 3.66. The molecule has 0 atom stereocenters. The van der Waals surface area contributed by atoms with Gasteiger partial charge in [-0.15, -0.1) is 0 Å². The molecule has 0 spiro atoms. The minimum Gasteiger partial charge on any atom is -0.378 e. The molecular weight excluding hydrogens is 246 g/mol. The molecule has 3 aromatic rings. The van der Waals surface area contributed by atoms with Gasteiger partial charge in [-0.3, -0.25) is 4.98 Å². The monoisotopic (exact) mass is 265 g/mol. The number of aromatic nitrogens is 1. The van der Waals surface area contributed by atoms with Crippen LogP contribution in [0.5, 0.6) is 0 Å². The van der Waals surface area contributed by atoms with Crippen molar-refractivity contribution in [3.8, 4) is 0 Å². The first kappa shape index (κ1) is 13.1. The van der Waals surface area contributed by atoms with Crippen LogP contribution in [-0.4, -0.2) is 17.7 Å². The molecule has 1 heterocycles. The average molecular weight is 265 g/mol. The van der Waals surface area contributed by atoms with E-state index in [0.29, 0.717) is 0 Å². The van der Waals surface area contributed by atoms with E-state index in [9.17, 15) is 0 Å². The Bertz CT molecular complexity index is 734. The summed E-state index contributed by atoms with van der Waals surface area (Å²) in [7, 11) is 0. The fourth-order valence-corrected chi connectivity index (χ4v) is 2.59. The van der Waals surface area contributed by atoms with Crippen molar-refractivity contribution in [3.63, 3.8) is 0 Å². The second kappa shape index (κ2) is 5.59. The summed E-state index contributed by atoms with van der Waals surface area (Å²) >= 11 is 0. The van der Waals surface area contributed by atoms with Gasteiger partial charge in [-0.25, -0.2) is 0 Å². The highest BCUT2D eigenvalue weighted by Crippen LogP contribution is 2.27. The molecule has 0 N–H and O–H groups in total. The molecule has 3 rings (SSSR count). The molecule has 0 aliphatic heterocycles. The highest BCUT2D eigenvalue weighted by atomic mass is 16.5. The van der Waals surface area contributed by atoms with E-state index in [4.69, 9.17) is 4.74 Å². The molecule has 2 heteroatoms. The summed E-state index contributed by atoms with van der Waals surface area (Å²) in [5, 5.41) is 3.70. The molecule has 0 aliphatic rings. The normalized spacial score (nSPS) is 11.6. The number of hydrogen-bond acceptors (Lipinski definition) is 2. The van der Waals surface area contributed by atoms with E-state index < -0.39 is 0 Å². The maximum absolute atomic E-state index is 5.69. The number of pyridine rings is 1. The number of fused-ring (bicyclic) bond motifs is 3. The minimum absolute atomic E-state index is 0.278. The second-order valence-electron chi connectivity index (χ2n) is 5.33. The summed E-state index contributed by atoms with van der Waals surface area (Å²) in [6.07, 6.45) is 3.06. The summed E-state index contributed by atoms with van der Waals surface area (Å²) in [5.74, 6) is 0. The molecule has 2 aromatic carbocycles. The number of benzene rings is 2. The number of rotatable bonds is 4. The van der Waals surface area contributed by atoms with Crippen LogP contribution in [0.3, 0.4) is 0 Å². The molecule has 1 aromatic heterocycles. The molecular formula is C18H19NO. The van der Waals surface area contributed by atoms with E-state index in [1.54, 1.807) is 0 Å². The lowest BCUT2D eigenvalue weighted by atomic mass is 9.99. The molecule has 0 amide bonds. The van der Waals surface area contributed by atoms with Crippen molar-refractivity contribution in [2.45, 2.75) is 26.4 Å². The van der Waals surface area contributed by atoms with Crippen molar-refractivity contribution < 1.29 is 4.74 Å². The summed E-state index contributed by atoms with van der Waals surface area (Å²) in [6.45, 7) is 4.89. The maximum Gasteiger partial charge on any atom is 0.0783 e. The highest BCUT2D eigenvalue weighted by Gasteiger charge is 2.07. The molecule has 2 nitrogen and oxygen atoms in total. The van der Waals surface area contributed by atoms with Gasteiger partial charge in [0.1, 0.15) is 0 Å². The SMILES string of the molecule is CC(C)OCCc1cc2ccccc2c2ncccc12. The first-order valence-electron chi connectivity index (χ1n) is 7.12. The lowest BCUT2D eigenvalue weighted by Gasteiger charge is -2.11. The van der Waals surface area contributed by atoms with E-state index in [0.717, 1.165) is 18.5 Å². The van der Waals surface area contributed by atoms with Crippen LogP contribution in [0, 0.1) is 0 Å². The highest BCUT2D eigenvalue weighted by molar-refractivity contribution is 6.06. The van der Waals surface area contributed by atoms with Gasteiger partial charge in [0.05, 0.1) is 18.2 Å². The van der Waals surface area contributed by atoms with E-state index in [1.165, 1.54) is 21.7 Å². The van der Waals surface area contributed by atoms with Crippen LogP contribution < -0.4 is 0 Å². The Morgan fingerprint density at radius 2 is 1.85 bits per heavy atom. The topological polar surface area (TPSA) is 22.1 Å². The lowest BCUT2D eigenvalue weighted by Crippen LogP contribution is -2.06. The van der Waals surface area contributed by atoms with Crippen LogP contribution >= 0.6 is 0 Å². The zero-order chi connectivity index (χ0) is 13.9. The van der Waals surface area contributed by atoms with Crippen molar-refractivity contribution >= 4 is 21.7 Å². The Hall–Kier alpha value is -1.93. The Labute approximate surface area is 119 Å². The van der Waals surface area contributed by atoms with Gasteiger partial charge < -0.3 is 4.74 Å². The molecule has 0 saturated carbocycles. The standard InChI is InChI=1S/C18H19NO/c1-13(2)20-11-9-15-12-14-6-3-4-7-16(14)18-17(15)8-5-10-19-18/h3-8,10,12-13H,9,11H2,1-2H3. The molecule has 0 radical (unpaired) electrons. The third-order valence-corrected chi connectivity index (χ3v) is 3.52. The fourth-order valence-electron chi connectivity index (χ4n) is 2.59. The average Bonchev–Trinajstić information content (AvgIpc) is 2.47. The van der Waals surface area contributed by atoms with Crippen molar-refractivity contribution in [1.82, 2.24) is 4.98 Å². The van der Waals surface area contributed by atoms with E-state index >= 15 is 0 Å². The number of nitrogens with zero attached hydrogens (tertiary/aromatic N) is 1. The minimum atomic E-state index is 0.278. The molecule has 20 heavy (non-hydrogen) atoms. The van der Waals surface area contributed by atoms with Gasteiger partial charge in [-0.05, 0) is 37.3 Å². The molecule has 102 valence electrons. The van der Waals surface area contributed by atoms with Crippen LogP contribution in [0.4, 0.5) is 0 Å². The van der Waals surface area contributed by atoms with Crippen molar-refractivity contribution in [2.24, 2.45) is 0 Å². The summed E-state index contributed by atoms with van der Waals surface area (Å²) in [5.41, 5.74) is 2.40. The first-order chi connectivity index (χ1) is 9.75. The van der Waals surface area contributed by atoms with E-state index in [2.05, 4.69) is 55.2 Å². The summed E-state index contributed by atoms with van der Waals surface area (Å²) < 4.78 is 5.69. The second-order valence-corrected chi connectivity index (χ2v) is 5.33. The van der Waals surface area contributed by atoms with Gasteiger partial charge in [-0.2, -0.15) is 0 Å². The van der Waals surface area contributed by atoms with Crippen molar-refractivity contribution in [1.29, 1.82) is 0 Å². The van der Waals surface area contributed by atoms with Gasteiger partial charge in [0.2, 0.25) is 0 Å². The van der Waals surface area contributed by atoms with Crippen LogP contribution in [0.2, 0.25) is 0 Å². The third-order valence-electron chi connectivity index (χ3n) is 3.52. The molecule has 0 unspecified atom stereocenters. The maximum atomic E-state index is 5.69. The van der Waals surface area contributed by atoms with Crippen LogP contribution in [0.15, 0.2) is 48.7 Å². The first-order valence-corrected chi connectivity index (χ1v) is 7.12. The number of ether oxygens (including phenoxy) is 1. The summed E-state index contributed by atoms with van der Waals surface area (Å²) in [4.78, 5) is 4.57. The predicted octanol–water partition coefficient (Wildman–Crippen LogP) is 4.36. The van der Waals surface area contributed by atoms with Crippen molar-refractivity contribution in [3.05, 3.63) is 54.2 Å². The number of hydrogen-bond donors (Lipinski definition) is 0. The van der Waals surface area contributed by atoms with Gasteiger partial charge >= 0.3 is 0 Å². The zero-order valence-electron chi connectivity index (χ0n) is 12.0. The van der Waals surface area contributed by atoms with Gasteiger partial charge in [0, 0.05) is 17.0 Å². The van der Waals surface area contributed by atoms with Gasteiger partial charge in [-0.1, -0.05) is 36.4 Å². The lowest BCUT2D eigenvalue weighted by molar-refractivity contribution is 0.0815. The van der Waals surface area contributed by atoms with Gasteiger partial charge in [0.15, 0.2) is 0 Å². The van der Waals surface area contributed by atoms with Gasteiger partial charge in [0.25, 0.3) is 0 Å². The molecule has 0 saturated heterocycles. The van der Waals surface area contributed by atoms with Crippen molar-refractivity contribution in [2.75, 3.05) is 6.61 Å². The Morgan fingerprint density at radius 1 is 1.05 bits per heavy atom. The predicted molar refractivity (Wildman–Crippen MR) is 84.0 cm³/mol. The van der Waals surface area contributed by atoms with E-state index in [1.807, 2.05) is 12.3 Å². The largest absolute Gasteiger partial charge is 0.378 e. The van der Waals surface area contributed by atoms with E-state index in [-0.39, 0.29) is 6.10 Å². The Balaban J connectivity index is 2.09. The van der Waals surface area contributed by atoms with Crippen LogP contribution in [0.25, 0.3) is 21.7 Å². The van der Waals surface area contributed by atoms with Crippen LogP contribution in [-0.2, 0) is 11.2 Å². The summed E-state index contributed by atoms with van der Waals surface area (Å²) in [6, 6.07) is 14.9. The zero-order valence-corrected chi connectivity index (χ0v) is 12.0. The third kappa shape index (κ3) is 2.52. The molecule has 0 aliphatic carbocycles. The molecule has 0 fully saturated rings. The van der Waals surface area contributed by atoms with Crippen LogP contribution in [0.1, 0.15) is 19.4 Å². The smallest absolute Gasteiger partial charge is 0.0783 e. The molecule has 0 bridgehead atoms. The fraction of sp³-hybridized carbons (Fsp3) is 0.278. The Morgan fingerprint density at radius 3 is 2.70 bits per heavy atom.